The van der Waals surface area contributed by atoms with E-state index in [0.717, 1.165) is 49.8 Å². The van der Waals surface area contributed by atoms with E-state index in [2.05, 4.69) is 22.5 Å². The summed E-state index contributed by atoms with van der Waals surface area (Å²) < 4.78 is 14.4. The predicted octanol–water partition coefficient (Wildman–Crippen LogP) is 4.07. The van der Waals surface area contributed by atoms with Crippen LogP contribution in [0.3, 0.4) is 0 Å². The van der Waals surface area contributed by atoms with Gasteiger partial charge in [0.1, 0.15) is 5.82 Å². The van der Waals surface area contributed by atoms with Gasteiger partial charge in [0.25, 0.3) is 11.8 Å². The fourth-order valence-corrected chi connectivity index (χ4v) is 4.03. The maximum atomic E-state index is 14.4. The Kier molecular flexibility index (Phi) is 5.58. The second kappa shape index (κ2) is 8.17. The Morgan fingerprint density at radius 3 is 2.50 bits per heavy atom. The van der Waals surface area contributed by atoms with Gasteiger partial charge < -0.3 is 10.6 Å². The molecule has 158 valence electrons. The molecule has 2 aromatic rings. The van der Waals surface area contributed by atoms with Crippen LogP contribution in [-0.2, 0) is 6.42 Å². The molecule has 30 heavy (non-hydrogen) atoms. The quantitative estimate of drug-likeness (QED) is 0.755. The topological polar surface area (TPSA) is 71.1 Å². The molecule has 5 nitrogen and oxygen atoms in total. The van der Waals surface area contributed by atoms with Gasteiger partial charge in [-0.2, -0.15) is 0 Å². The Morgan fingerprint density at radius 1 is 1.13 bits per heavy atom. The van der Waals surface area contributed by atoms with Crippen LogP contribution in [0.5, 0.6) is 0 Å². The molecule has 0 bridgehead atoms. The average molecular weight is 410 g/mol. The molecule has 2 aliphatic carbocycles. The third-order valence-electron chi connectivity index (χ3n) is 6.21. The molecular weight excluding hydrogens is 381 g/mol. The lowest BCUT2D eigenvalue weighted by Gasteiger charge is -2.25. The van der Waals surface area contributed by atoms with Crippen molar-refractivity contribution in [1.29, 1.82) is 0 Å². The molecule has 0 aliphatic heterocycles. The summed E-state index contributed by atoms with van der Waals surface area (Å²) in [4.78, 5) is 29.3. The number of halogens is 1. The lowest BCUT2D eigenvalue weighted by atomic mass is 9.99. The minimum atomic E-state index is -0.394. The summed E-state index contributed by atoms with van der Waals surface area (Å²) in [6, 6.07) is 6.79. The highest BCUT2D eigenvalue weighted by atomic mass is 19.1. The van der Waals surface area contributed by atoms with Crippen molar-refractivity contribution in [2.45, 2.75) is 70.4 Å². The number of carbonyl (C=O) groups is 2. The number of hydrogen-bond acceptors (Lipinski definition) is 3. The van der Waals surface area contributed by atoms with Crippen LogP contribution in [0.2, 0.25) is 0 Å². The van der Waals surface area contributed by atoms with Crippen molar-refractivity contribution in [3.8, 4) is 0 Å². The number of nitrogens with zero attached hydrogens (tertiary/aromatic N) is 1. The summed E-state index contributed by atoms with van der Waals surface area (Å²) >= 11 is 0. The van der Waals surface area contributed by atoms with E-state index in [9.17, 15) is 14.0 Å². The van der Waals surface area contributed by atoms with E-state index in [4.69, 9.17) is 0 Å². The van der Waals surface area contributed by atoms with E-state index in [1.807, 2.05) is 0 Å². The van der Waals surface area contributed by atoms with Gasteiger partial charge in [-0.15, -0.1) is 0 Å². The molecule has 1 aromatic heterocycles. The monoisotopic (exact) mass is 409 g/mol. The predicted molar refractivity (Wildman–Crippen MR) is 113 cm³/mol. The smallest absolute Gasteiger partial charge is 0.253 e. The van der Waals surface area contributed by atoms with Crippen LogP contribution in [0, 0.1) is 12.7 Å². The fraction of sp³-hybridized carbons (Fsp3) is 0.458. The zero-order chi connectivity index (χ0) is 21.3. The van der Waals surface area contributed by atoms with Gasteiger partial charge in [0.15, 0.2) is 0 Å². The number of pyridine rings is 1. The standard InChI is InChI=1S/C24H28FN3O2/c1-15-17(11-18(13-21(15)25)22(29)27-19-7-8-19)12-20-6-5-16(14-26-20)23(30)28-24(2)9-3-4-10-24/h5-6,11,13-14,19H,3-4,7-10,12H2,1-2H3,(H,27,29)(H,28,30). The highest BCUT2D eigenvalue weighted by molar-refractivity contribution is 5.95. The number of nitrogens with one attached hydrogen (secondary N) is 2. The van der Waals surface area contributed by atoms with E-state index in [0.29, 0.717) is 23.1 Å². The first-order valence-corrected chi connectivity index (χ1v) is 10.7. The third kappa shape index (κ3) is 4.69. The summed E-state index contributed by atoms with van der Waals surface area (Å²) in [6.07, 6.45) is 8.21. The Morgan fingerprint density at radius 2 is 1.87 bits per heavy atom. The van der Waals surface area contributed by atoms with E-state index in [1.54, 1.807) is 31.3 Å². The van der Waals surface area contributed by atoms with Gasteiger partial charge >= 0.3 is 0 Å². The van der Waals surface area contributed by atoms with Crippen molar-refractivity contribution in [1.82, 2.24) is 15.6 Å². The number of carbonyl (C=O) groups excluding carboxylic acids is 2. The van der Waals surface area contributed by atoms with Crippen LogP contribution in [0.4, 0.5) is 4.39 Å². The minimum Gasteiger partial charge on any atom is -0.349 e. The largest absolute Gasteiger partial charge is 0.349 e. The summed E-state index contributed by atoms with van der Waals surface area (Å²) in [7, 11) is 0. The Hall–Kier alpha value is -2.76. The summed E-state index contributed by atoms with van der Waals surface area (Å²) in [5.74, 6) is -0.744. The first-order valence-electron chi connectivity index (χ1n) is 10.7. The van der Waals surface area contributed by atoms with Gasteiger partial charge in [-0.3, -0.25) is 14.6 Å². The van der Waals surface area contributed by atoms with E-state index in [1.165, 1.54) is 6.07 Å². The van der Waals surface area contributed by atoms with Gasteiger partial charge in [0.2, 0.25) is 0 Å². The summed E-state index contributed by atoms with van der Waals surface area (Å²) in [5.41, 5.74) is 2.68. The van der Waals surface area contributed by atoms with E-state index < -0.39 is 5.82 Å². The van der Waals surface area contributed by atoms with Crippen LogP contribution in [0.25, 0.3) is 0 Å². The second-order valence-electron chi connectivity index (χ2n) is 8.93. The SMILES string of the molecule is Cc1c(F)cc(C(=O)NC2CC2)cc1Cc1ccc(C(=O)NC2(C)CCCC2)cn1. The highest BCUT2D eigenvalue weighted by Crippen LogP contribution is 2.29. The molecule has 6 heteroatoms. The van der Waals surface area contributed by atoms with Crippen molar-refractivity contribution < 1.29 is 14.0 Å². The van der Waals surface area contributed by atoms with Crippen molar-refractivity contribution in [2.75, 3.05) is 0 Å². The highest BCUT2D eigenvalue weighted by Gasteiger charge is 2.30. The zero-order valence-electron chi connectivity index (χ0n) is 17.6. The summed E-state index contributed by atoms with van der Waals surface area (Å²) in [6.45, 7) is 3.79. The normalized spacial score (nSPS) is 17.6. The average Bonchev–Trinajstić information content (AvgIpc) is 3.43. The van der Waals surface area contributed by atoms with Crippen molar-refractivity contribution in [2.24, 2.45) is 0 Å². The van der Waals surface area contributed by atoms with Crippen molar-refractivity contribution in [3.63, 3.8) is 0 Å². The molecule has 0 radical (unpaired) electrons. The zero-order valence-corrected chi connectivity index (χ0v) is 17.6. The van der Waals surface area contributed by atoms with Gasteiger partial charge in [0.05, 0.1) is 5.56 Å². The molecule has 2 aliphatic rings. The van der Waals surface area contributed by atoms with E-state index in [-0.39, 0.29) is 23.4 Å². The number of aromatic nitrogens is 1. The molecule has 0 saturated heterocycles. The summed E-state index contributed by atoms with van der Waals surface area (Å²) in [5, 5.41) is 6.02. The maximum absolute atomic E-state index is 14.4. The van der Waals surface area contributed by atoms with Crippen molar-refractivity contribution in [3.05, 3.63) is 64.2 Å². The molecule has 1 heterocycles. The molecule has 0 spiro atoms. The van der Waals surface area contributed by atoms with Gasteiger partial charge in [0, 0.05) is 35.5 Å². The Labute approximate surface area is 176 Å². The van der Waals surface area contributed by atoms with Gasteiger partial charge in [-0.1, -0.05) is 12.8 Å². The van der Waals surface area contributed by atoms with Gasteiger partial charge in [-0.25, -0.2) is 4.39 Å². The maximum Gasteiger partial charge on any atom is 0.253 e. The number of amides is 2. The third-order valence-corrected chi connectivity index (χ3v) is 6.21. The first kappa shape index (κ1) is 20.5. The van der Waals surface area contributed by atoms with Crippen LogP contribution in [0.15, 0.2) is 30.5 Å². The van der Waals surface area contributed by atoms with Crippen molar-refractivity contribution >= 4 is 11.8 Å². The molecule has 2 saturated carbocycles. The minimum absolute atomic E-state index is 0.112. The lowest BCUT2D eigenvalue weighted by molar-refractivity contribution is 0.0906. The molecular formula is C24H28FN3O2. The number of rotatable bonds is 6. The molecule has 0 unspecified atom stereocenters. The van der Waals surface area contributed by atoms with E-state index >= 15 is 0 Å². The molecule has 2 amide bonds. The van der Waals surface area contributed by atoms with Crippen LogP contribution >= 0.6 is 0 Å². The second-order valence-corrected chi connectivity index (χ2v) is 8.93. The van der Waals surface area contributed by atoms with Gasteiger partial charge in [-0.05, 0) is 74.9 Å². The number of hydrogen-bond donors (Lipinski definition) is 2. The van der Waals surface area contributed by atoms with Crippen LogP contribution in [-0.4, -0.2) is 28.4 Å². The fourth-order valence-electron chi connectivity index (χ4n) is 4.03. The molecule has 4 rings (SSSR count). The Bertz CT molecular complexity index is 961. The molecule has 2 N–H and O–H groups in total. The Balaban J connectivity index is 1.46. The lowest BCUT2D eigenvalue weighted by Crippen LogP contribution is -2.43. The van der Waals surface area contributed by atoms with Crippen LogP contribution < -0.4 is 10.6 Å². The molecule has 2 fully saturated rings. The molecule has 1 aromatic carbocycles. The number of benzene rings is 1. The molecule has 0 atom stereocenters. The van der Waals surface area contributed by atoms with Crippen LogP contribution in [0.1, 0.15) is 83.0 Å². The first-order chi connectivity index (χ1) is 14.3.